The van der Waals surface area contributed by atoms with E-state index in [4.69, 9.17) is 4.74 Å². The Labute approximate surface area is 126 Å². The number of methoxy groups -OCH3 is 1. The van der Waals surface area contributed by atoms with Crippen molar-refractivity contribution in [1.82, 2.24) is 10.2 Å². The molecule has 2 unspecified atom stereocenters. The molecule has 0 bridgehead atoms. The monoisotopic (exact) mass is 300 g/mol. The summed E-state index contributed by atoms with van der Waals surface area (Å²) in [4.78, 5) is 25.5. The summed E-state index contributed by atoms with van der Waals surface area (Å²) in [5, 5.41) is 12.4. The van der Waals surface area contributed by atoms with Crippen molar-refractivity contribution in [3.63, 3.8) is 0 Å². The Kier molecular flexibility index (Phi) is 6.95. The van der Waals surface area contributed by atoms with Crippen molar-refractivity contribution in [2.45, 2.75) is 39.5 Å². The highest BCUT2D eigenvalue weighted by molar-refractivity contribution is 5.78. The minimum atomic E-state index is -0.783. The Balaban J connectivity index is 2.58. The molecule has 2 atom stereocenters. The van der Waals surface area contributed by atoms with Crippen LogP contribution in [0.2, 0.25) is 0 Å². The van der Waals surface area contributed by atoms with E-state index in [2.05, 4.69) is 5.32 Å². The predicted molar refractivity (Wildman–Crippen MR) is 80.2 cm³/mol. The maximum absolute atomic E-state index is 12.2. The van der Waals surface area contributed by atoms with Gasteiger partial charge in [-0.2, -0.15) is 0 Å². The second-order valence-corrected chi connectivity index (χ2v) is 6.11. The van der Waals surface area contributed by atoms with Gasteiger partial charge in [-0.05, 0) is 25.2 Å². The maximum atomic E-state index is 12.2. The average Bonchev–Trinajstić information content (AvgIpc) is 2.45. The van der Waals surface area contributed by atoms with Crippen LogP contribution < -0.4 is 5.32 Å². The molecule has 122 valence electrons. The van der Waals surface area contributed by atoms with Crippen molar-refractivity contribution < 1.29 is 19.4 Å². The zero-order valence-electron chi connectivity index (χ0n) is 13.4. The summed E-state index contributed by atoms with van der Waals surface area (Å²) in [5.41, 5.74) is -0.775. The molecule has 0 aromatic heterocycles. The summed E-state index contributed by atoms with van der Waals surface area (Å²) in [5.74, 6) is -0.543. The second kappa shape index (κ2) is 8.22. The van der Waals surface area contributed by atoms with Crippen LogP contribution in [0.15, 0.2) is 0 Å². The highest BCUT2D eigenvalue weighted by Crippen LogP contribution is 2.35. The zero-order chi connectivity index (χ0) is 15.9. The molecule has 6 heteroatoms. The number of urea groups is 1. The lowest BCUT2D eigenvalue weighted by Crippen LogP contribution is -2.53. The van der Waals surface area contributed by atoms with Gasteiger partial charge in [0.2, 0.25) is 0 Å². The quantitative estimate of drug-likeness (QED) is 0.753. The fraction of sp³-hybridized carbons (Fsp3) is 0.867. The van der Waals surface area contributed by atoms with Gasteiger partial charge in [0.15, 0.2) is 0 Å². The Morgan fingerprint density at radius 1 is 1.48 bits per heavy atom. The van der Waals surface area contributed by atoms with Crippen LogP contribution in [0.3, 0.4) is 0 Å². The van der Waals surface area contributed by atoms with Crippen molar-refractivity contribution in [1.29, 1.82) is 0 Å². The number of piperidine rings is 1. The first kappa shape index (κ1) is 17.8. The summed E-state index contributed by atoms with van der Waals surface area (Å²) in [6.45, 7) is 6.05. The van der Waals surface area contributed by atoms with Crippen LogP contribution in [0.5, 0.6) is 0 Å². The first-order valence-electron chi connectivity index (χ1n) is 7.70. The maximum Gasteiger partial charge on any atom is 0.317 e. The van der Waals surface area contributed by atoms with Crippen molar-refractivity contribution in [2.24, 2.45) is 11.3 Å². The Morgan fingerprint density at radius 2 is 2.19 bits per heavy atom. The molecule has 2 amide bonds. The van der Waals surface area contributed by atoms with Crippen LogP contribution in [-0.4, -0.2) is 55.4 Å². The number of carbonyl (C=O) groups excluding carboxylic acids is 1. The molecule has 0 saturated carbocycles. The van der Waals surface area contributed by atoms with Crippen LogP contribution in [-0.2, 0) is 9.53 Å². The van der Waals surface area contributed by atoms with Gasteiger partial charge in [-0.1, -0.05) is 20.3 Å². The van der Waals surface area contributed by atoms with Crippen LogP contribution in [0.1, 0.15) is 39.5 Å². The summed E-state index contributed by atoms with van der Waals surface area (Å²) in [6, 6.07) is -0.167. The van der Waals surface area contributed by atoms with Crippen LogP contribution in [0, 0.1) is 11.3 Å². The van der Waals surface area contributed by atoms with E-state index in [1.807, 2.05) is 13.8 Å². The fourth-order valence-corrected chi connectivity index (χ4v) is 2.99. The molecule has 21 heavy (non-hydrogen) atoms. The summed E-state index contributed by atoms with van der Waals surface area (Å²) in [6.07, 6.45) is 2.83. The van der Waals surface area contributed by atoms with E-state index in [0.717, 1.165) is 12.8 Å². The van der Waals surface area contributed by atoms with E-state index < -0.39 is 11.4 Å². The smallest absolute Gasteiger partial charge is 0.317 e. The van der Waals surface area contributed by atoms with Crippen molar-refractivity contribution in [2.75, 3.05) is 33.4 Å². The molecular formula is C15H28N2O4. The Hall–Kier alpha value is -1.30. The number of nitrogens with zero attached hydrogens (tertiary/aromatic N) is 1. The third-order valence-electron chi connectivity index (χ3n) is 4.10. The van der Waals surface area contributed by atoms with Crippen molar-refractivity contribution in [3.05, 3.63) is 0 Å². The van der Waals surface area contributed by atoms with E-state index in [9.17, 15) is 14.7 Å². The molecule has 0 spiro atoms. The number of carbonyl (C=O) groups is 2. The minimum absolute atomic E-state index is 0.167. The predicted octanol–water partition coefficient (Wildman–Crippen LogP) is 1.95. The van der Waals surface area contributed by atoms with Gasteiger partial charge in [-0.25, -0.2) is 4.79 Å². The van der Waals surface area contributed by atoms with Gasteiger partial charge in [0.1, 0.15) is 0 Å². The van der Waals surface area contributed by atoms with Crippen molar-refractivity contribution in [3.8, 4) is 0 Å². The molecule has 1 rings (SSSR count). The van der Waals surface area contributed by atoms with Crippen LogP contribution in [0.4, 0.5) is 4.79 Å². The first-order chi connectivity index (χ1) is 9.95. The summed E-state index contributed by atoms with van der Waals surface area (Å²) in [7, 11) is 1.63. The summed E-state index contributed by atoms with van der Waals surface area (Å²) < 4.78 is 5.04. The molecule has 2 N–H and O–H groups in total. The number of nitrogens with one attached hydrogen (secondary N) is 1. The minimum Gasteiger partial charge on any atom is -0.481 e. The molecular weight excluding hydrogens is 272 g/mol. The highest BCUT2D eigenvalue weighted by Gasteiger charge is 2.42. The lowest BCUT2D eigenvalue weighted by Gasteiger charge is -2.40. The van der Waals surface area contributed by atoms with Gasteiger partial charge in [-0.15, -0.1) is 0 Å². The van der Waals surface area contributed by atoms with E-state index >= 15 is 0 Å². The number of likely N-dealkylation sites (tertiary alicyclic amines) is 1. The molecule has 1 aliphatic heterocycles. The SMILES string of the molecule is CCCC1(C(=O)O)CCCN(C(=O)NCC(C)COC)C1. The van der Waals surface area contributed by atoms with Gasteiger partial charge < -0.3 is 20.1 Å². The fourth-order valence-electron chi connectivity index (χ4n) is 2.99. The second-order valence-electron chi connectivity index (χ2n) is 6.11. The first-order valence-corrected chi connectivity index (χ1v) is 7.70. The molecule has 0 aliphatic carbocycles. The largest absolute Gasteiger partial charge is 0.481 e. The number of hydrogen-bond acceptors (Lipinski definition) is 3. The Morgan fingerprint density at radius 3 is 2.76 bits per heavy atom. The molecule has 0 radical (unpaired) electrons. The van der Waals surface area contributed by atoms with E-state index in [1.165, 1.54) is 0 Å². The average molecular weight is 300 g/mol. The number of aliphatic carboxylic acids is 1. The van der Waals surface area contributed by atoms with Crippen LogP contribution in [0.25, 0.3) is 0 Å². The Bertz CT molecular complexity index is 358. The van der Waals surface area contributed by atoms with Gasteiger partial charge in [-0.3, -0.25) is 4.79 Å². The number of ether oxygens (including phenoxy) is 1. The van der Waals surface area contributed by atoms with Gasteiger partial charge in [0.05, 0.1) is 12.0 Å². The zero-order valence-corrected chi connectivity index (χ0v) is 13.4. The van der Waals surface area contributed by atoms with Crippen LogP contribution >= 0.6 is 0 Å². The molecule has 1 aliphatic rings. The molecule has 1 saturated heterocycles. The summed E-state index contributed by atoms with van der Waals surface area (Å²) >= 11 is 0. The standard InChI is InChI=1S/C15H28N2O4/c1-4-6-15(13(18)19)7-5-8-17(11-15)14(20)16-9-12(2)10-21-3/h12H,4-11H2,1-3H3,(H,16,20)(H,18,19). The number of rotatable bonds is 7. The number of carboxylic acids is 1. The molecule has 6 nitrogen and oxygen atoms in total. The lowest BCUT2D eigenvalue weighted by molar-refractivity contribution is -0.152. The third-order valence-corrected chi connectivity index (χ3v) is 4.10. The van der Waals surface area contributed by atoms with E-state index in [1.54, 1.807) is 12.0 Å². The molecule has 1 fully saturated rings. The van der Waals surface area contributed by atoms with E-state index in [-0.39, 0.29) is 11.9 Å². The number of carboxylic acid groups (broad SMARTS) is 1. The number of amides is 2. The van der Waals surface area contributed by atoms with Crippen molar-refractivity contribution >= 4 is 12.0 Å². The number of hydrogen-bond donors (Lipinski definition) is 2. The highest BCUT2D eigenvalue weighted by atomic mass is 16.5. The topological polar surface area (TPSA) is 78.9 Å². The van der Waals surface area contributed by atoms with E-state index in [0.29, 0.717) is 39.1 Å². The molecule has 1 heterocycles. The third kappa shape index (κ3) is 4.88. The van der Waals surface area contributed by atoms with Gasteiger partial charge in [0.25, 0.3) is 0 Å². The lowest BCUT2D eigenvalue weighted by atomic mass is 9.76. The van der Waals surface area contributed by atoms with Gasteiger partial charge in [0, 0.05) is 26.7 Å². The normalized spacial score (nSPS) is 23.7. The molecule has 0 aromatic rings. The molecule has 0 aromatic carbocycles. The van der Waals surface area contributed by atoms with Gasteiger partial charge >= 0.3 is 12.0 Å².